The second-order valence-corrected chi connectivity index (χ2v) is 13.9. The molecule has 11 aromatic rings. The summed E-state index contributed by atoms with van der Waals surface area (Å²) >= 11 is 0. The molecule has 0 atom stereocenters. The first kappa shape index (κ1) is 30.7. The lowest BCUT2D eigenvalue weighted by atomic mass is 9.97. The first-order valence-corrected chi connectivity index (χ1v) is 18.3. The molecule has 0 bridgehead atoms. The van der Waals surface area contributed by atoms with Gasteiger partial charge in [0.2, 0.25) is 5.69 Å². The number of hydrogen-bond donors (Lipinski definition) is 0. The van der Waals surface area contributed by atoms with E-state index in [-0.39, 0.29) is 0 Å². The smallest absolute Gasteiger partial charge is 0.211 e. The van der Waals surface area contributed by atoms with Gasteiger partial charge in [-0.15, -0.1) is 0 Å². The first-order valence-electron chi connectivity index (χ1n) is 18.3. The number of rotatable bonds is 4. The fourth-order valence-corrected chi connectivity index (χ4v) is 8.82. The Bertz CT molecular complexity index is 3400. The van der Waals surface area contributed by atoms with Gasteiger partial charge in [-0.1, -0.05) is 109 Å². The van der Waals surface area contributed by atoms with Crippen LogP contribution in [0.5, 0.6) is 0 Å². The van der Waals surface area contributed by atoms with Gasteiger partial charge in [-0.25, -0.2) is 4.85 Å². The molecule has 0 aliphatic heterocycles. The average Bonchev–Trinajstić information content (AvgIpc) is 3.89. The van der Waals surface area contributed by atoms with Crippen molar-refractivity contribution in [1.82, 2.24) is 13.7 Å². The van der Waals surface area contributed by atoms with Crippen molar-refractivity contribution in [1.29, 1.82) is 5.26 Å². The lowest BCUT2D eigenvalue weighted by Gasteiger charge is -2.17. The van der Waals surface area contributed by atoms with E-state index in [1.807, 2.05) is 36.4 Å². The van der Waals surface area contributed by atoms with Gasteiger partial charge in [0.15, 0.2) is 0 Å². The minimum Gasteiger partial charge on any atom is -0.318 e. The molecule has 5 heteroatoms. The molecular weight excluding hydrogens is 671 g/mol. The zero-order chi connectivity index (χ0) is 36.6. The van der Waals surface area contributed by atoms with E-state index < -0.39 is 0 Å². The highest BCUT2D eigenvalue weighted by Gasteiger charge is 2.21. The highest BCUT2D eigenvalue weighted by atomic mass is 15.0. The third-order valence-electron chi connectivity index (χ3n) is 11.1. The zero-order valence-electron chi connectivity index (χ0n) is 29.5. The molecular formula is C50H29N5. The Morgan fingerprint density at radius 3 is 1.55 bits per heavy atom. The van der Waals surface area contributed by atoms with Crippen molar-refractivity contribution in [3.63, 3.8) is 0 Å². The number of para-hydroxylation sites is 5. The maximum atomic E-state index is 10.5. The molecule has 3 aromatic heterocycles. The van der Waals surface area contributed by atoms with Crippen LogP contribution in [0.4, 0.5) is 5.69 Å². The molecule has 5 nitrogen and oxygen atoms in total. The van der Waals surface area contributed by atoms with Crippen molar-refractivity contribution in [3.8, 4) is 34.3 Å². The third kappa shape index (κ3) is 4.39. The van der Waals surface area contributed by atoms with E-state index in [9.17, 15) is 5.26 Å². The van der Waals surface area contributed by atoms with Crippen LogP contribution in [0.15, 0.2) is 176 Å². The van der Waals surface area contributed by atoms with Gasteiger partial charge in [0.1, 0.15) is 0 Å². The quantitative estimate of drug-likeness (QED) is 0.169. The summed E-state index contributed by atoms with van der Waals surface area (Å²) in [5.74, 6) is 0. The molecule has 0 saturated heterocycles. The van der Waals surface area contributed by atoms with E-state index in [0.717, 1.165) is 61.0 Å². The van der Waals surface area contributed by atoms with E-state index in [1.165, 1.54) is 32.6 Å². The molecule has 0 aliphatic rings. The summed E-state index contributed by atoms with van der Waals surface area (Å²) < 4.78 is 6.85. The molecule has 0 radical (unpaired) electrons. The largest absolute Gasteiger partial charge is 0.318 e. The van der Waals surface area contributed by atoms with E-state index in [1.54, 1.807) is 0 Å². The molecule has 0 spiro atoms. The van der Waals surface area contributed by atoms with Crippen LogP contribution in [-0.2, 0) is 0 Å². The van der Waals surface area contributed by atoms with Crippen LogP contribution in [0.25, 0.3) is 98.5 Å². The van der Waals surface area contributed by atoms with Crippen LogP contribution in [0, 0.1) is 17.9 Å². The van der Waals surface area contributed by atoms with Crippen LogP contribution in [0.1, 0.15) is 5.56 Å². The summed E-state index contributed by atoms with van der Waals surface area (Å²) in [6, 6.07) is 63.6. The highest BCUT2D eigenvalue weighted by Crippen LogP contribution is 2.42. The van der Waals surface area contributed by atoms with Gasteiger partial charge < -0.3 is 13.7 Å². The van der Waals surface area contributed by atoms with Crippen molar-refractivity contribution in [2.24, 2.45) is 0 Å². The number of aromatic nitrogens is 3. The van der Waals surface area contributed by atoms with Crippen molar-refractivity contribution in [2.45, 2.75) is 0 Å². The van der Waals surface area contributed by atoms with Gasteiger partial charge in [-0.3, -0.25) is 0 Å². The molecule has 8 aromatic carbocycles. The maximum absolute atomic E-state index is 10.5. The zero-order valence-corrected chi connectivity index (χ0v) is 29.5. The van der Waals surface area contributed by atoms with Gasteiger partial charge >= 0.3 is 0 Å². The topological polar surface area (TPSA) is 42.9 Å². The Kier molecular flexibility index (Phi) is 6.61. The van der Waals surface area contributed by atoms with Crippen molar-refractivity contribution < 1.29 is 0 Å². The molecule has 3 heterocycles. The SMILES string of the molecule is [C-]#[N+]c1cccc2c3ccccc3n(-c3cccc(C#N)c3-c3ccc(-n4c5ccccc5c5cc(-n6c7ccccc7c7ccccc76)ccc54)cc3)c12. The monoisotopic (exact) mass is 699 g/mol. The minimum absolute atomic E-state index is 0.574. The molecule has 0 amide bonds. The predicted octanol–water partition coefficient (Wildman–Crippen LogP) is 13.1. The number of nitriles is 1. The number of hydrogen-bond acceptors (Lipinski definition) is 1. The Hall–Kier alpha value is -7.86. The molecule has 11 rings (SSSR count). The van der Waals surface area contributed by atoms with E-state index in [0.29, 0.717) is 11.3 Å². The number of benzene rings is 8. The third-order valence-corrected chi connectivity index (χ3v) is 11.1. The van der Waals surface area contributed by atoms with Gasteiger partial charge in [0.25, 0.3) is 0 Å². The Balaban J connectivity index is 1.09. The maximum Gasteiger partial charge on any atom is 0.211 e. The van der Waals surface area contributed by atoms with Crippen molar-refractivity contribution in [3.05, 3.63) is 193 Å². The summed E-state index contributed by atoms with van der Waals surface area (Å²) in [6.45, 7) is 8.03. The minimum atomic E-state index is 0.574. The van der Waals surface area contributed by atoms with Crippen LogP contribution in [0.2, 0.25) is 0 Å². The lowest BCUT2D eigenvalue weighted by Crippen LogP contribution is -2.00. The van der Waals surface area contributed by atoms with Gasteiger partial charge in [-0.05, 0) is 77.7 Å². The van der Waals surface area contributed by atoms with E-state index in [4.69, 9.17) is 6.57 Å². The van der Waals surface area contributed by atoms with E-state index >= 15 is 0 Å². The fourth-order valence-electron chi connectivity index (χ4n) is 8.82. The molecule has 0 saturated carbocycles. The second-order valence-electron chi connectivity index (χ2n) is 13.9. The summed E-state index contributed by atoms with van der Waals surface area (Å²) in [7, 11) is 0. The highest BCUT2D eigenvalue weighted by molar-refractivity contribution is 6.14. The molecule has 0 N–H and O–H groups in total. The second kappa shape index (κ2) is 11.8. The summed E-state index contributed by atoms with van der Waals surface area (Å²) in [6.07, 6.45) is 0. The molecule has 55 heavy (non-hydrogen) atoms. The van der Waals surface area contributed by atoms with Crippen LogP contribution in [0.3, 0.4) is 0 Å². The summed E-state index contributed by atoms with van der Waals surface area (Å²) in [5, 5.41) is 17.4. The molecule has 254 valence electrons. The van der Waals surface area contributed by atoms with Gasteiger partial charge in [-0.2, -0.15) is 5.26 Å². The fraction of sp³-hybridized carbons (Fsp3) is 0. The number of fused-ring (bicyclic) bond motifs is 9. The Morgan fingerprint density at radius 2 is 0.927 bits per heavy atom. The normalized spacial score (nSPS) is 11.6. The first-order chi connectivity index (χ1) is 27.2. The Labute approximate surface area is 316 Å². The summed E-state index contributed by atoms with van der Waals surface area (Å²) in [4.78, 5) is 3.92. The van der Waals surface area contributed by atoms with Crippen LogP contribution < -0.4 is 0 Å². The number of nitrogens with zero attached hydrogens (tertiary/aromatic N) is 5. The lowest BCUT2D eigenvalue weighted by molar-refractivity contribution is 1.16. The standard InChI is InChI=1S/C50H29N5/c1-52-42-18-11-17-40-38-15-4-9-22-46(38)55(50(40)42)48-23-10-12-33(31-51)49(48)32-24-26-34(27-25-32)53-45-21-8-5-16-39(45)41-30-35(28-29-47(41)53)54-43-19-6-2-13-36(43)37-14-3-7-20-44(37)54/h2-30H. The molecule has 0 fully saturated rings. The van der Waals surface area contributed by atoms with Crippen LogP contribution in [-0.4, -0.2) is 13.7 Å². The average molecular weight is 700 g/mol. The van der Waals surface area contributed by atoms with Gasteiger partial charge in [0.05, 0.1) is 57.0 Å². The molecule has 0 aliphatic carbocycles. The van der Waals surface area contributed by atoms with Crippen LogP contribution >= 0.6 is 0 Å². The summed E-state index contributed by atoms with van der Waals surface area (Å²) in [5.41, 5.74) is 12.4. The Morgan fingerprint density at radius 1 is 0.436 bits per heavy atom. The molecule has 0 unspecified atom stereocenters. The van der Waals surface area contributed by atoms with Crippen molar-refractivity contribution in [2.75, 3.05) is 0 Å². The van der Waals surface area contributed by atoms with Gasteiger partial charge in [0, 0.05) is 43.9 Å². The van der Waals surface area contributed by atoms with Crippen molar-refractivity contribution >= 4 is 71.1 Å². The predicted molar refractivity (Wildman–Crippen MR) is 226 cm³/mol. The van der Waals surface area contributed by atoms with E-state index in [2.05, 4.69) is 164 Å².